The molecule has 1 aliphatic rings. The van der Waals surface area contributed by atoms with Crippen molar-refractivity contribution in [3.63, 3.8) is 0 Å². The van der Waals surface area contributed by atoms with E-state index < -0.39 is 10.0 Å². The molecule has 174 valence electrons. The molecule has 0 spiro atoms. The van der Waals surface area contributed by atoms with Gasteiger partial charge in [-0.15, -0.1) is 0 Å². The number of carbonyl (C=O) groups excluding carboxylic acids is 1. The van der Waals surface area contributed by atoms with Gasteiger partial charge in [0.1, 0.15) is 5.75 Å². The Morgan fingerprint density at radius 1 is 1.21 bits per heavy atom. The summed E-state index contributed by atoms with van der Waals surface area (Å²) in [6.45, 7) is 1.46. The van der Waals surface area contributed by atoms with Crippen LogP contribution in [0.1, 0.15) is 16.2 Å². The minimum Gasteiger partial charge on any atom is -0.496 e. The molecule has 0 aliphatic carbocycles. The maximum atomic E-state index is 12.9. The predicted molar refractivity (Wildman–Crippen MR) is 118 cm³/mol. The van der Waals surface area contributed by atoms with Gasteiger partial charge in [0, 0.05) is 23.7 Å². The van der Waals surface area contributed by atoms with Gasteiger partial charge in [-0.05, 0) is 30.3 Å². The van der Waals surface area contributed by atoms with E-state index in [1.807, 2.05) is 0 Å². The highest BCUT2D eigenvalue weighted by Gasteiger charge is 2.25. The molecule has 0 bridgehead atoms. The summed E-state index contributed by atoms with van der Waals surface area (Å²) in [5.74, 6) is 0.324. The second kappa shape index (κ2) is 9.87. The van der Waals surface area contributed by atoms with E-state index in [4.69, 9.17) is 25.6 Å². The molecular weight excluding hydrogens is 472 g/mol. The third-order valence-electron chi connectivity index (χ3n) is 4.97. The first-order valence-corrected chi connectivity index (χ1v) is 11.9. The van der Waals surface area contributed by atoms with Crippen LogP contribution in [0.5, 0.6) is 5.75 Å². The number of halogens is 1. The first-order valence-electron chi connectivity index (χ1n) is 10.0. The lowest BCUT2D eigenvalue weighted by molar-refractivity contribution is 0.0300. The van der Waals surface area contributed by atoms with E-state index in [0.717, 1.165) is 0 Å². The topological polar surface area (TPSA) is 124 Å². The molecule has 1 saturated heterocycles. The summed E-state index contributed by atoms with van der Waals surface area (Å²) in [7, 11) is -2.56. The van der Waals surface area contributed by atoms with E-state index in [9.17, 15) is 13.2 Å². The predicted octanol–water partition coefficient (Wildman–Crippen LogP) is 2.35. The molecular formula is C21H21ClN4O6S. The zero-order valence-electron chi connectivity index (χ0n) is 17.7. The SMILES string of the molecule is COc1ccc(S(=O)(=O)NCc2nc(-c3cccc(Cl)c3)no2)cc1C(=O)N1CCOCC1. The Bertz CT molecular complexity index is 1260. The molecule has 0 radical (unpaired) electrons. The molecule has 0 unspecified atom stereocenters. The van der Waals surface area contributed by atoms with Crippen molar-refractivity contribution in [3.05, 3.63) is 58.9 Å². The maximum absolute atomic E-state index is 12.9. The smallest absolute Gasteiger partial charge is 0.257 e. The number of carbonyl (C=O) groups is 1. The fourth-order valence-electron chi connectivity index (χ4n) is 3.27. The van der Waals surface area contributed by atoms with E-state index in [2.05, 4.69) is 14.9 Å². The molecule has 10 nitrogen and oxygen atoms in total. The molecule has 1 aliphatic heterocycles. The first-order chi connectivity index (χ1) is 15.9. The number of aromatic nitrogens is 2. The number of benzene rings is 2. The van der Waals surface area contributed by atoms with Crippen LogP contribution in [-0.2, 0) is 21.3 Å². The van der Waals surface area contributed by atoms with E-state index in [1.54, 1.807) is 29.2 Å². The standard InChI is InChI=1S/C21H21ClN4O6S/c1-30-18-6-5-16(12-17(18)21(27)26-7-9-31-10-8-26)33(28,29)23-13-19-24-20(25-32-19)14-3-2-4-15(22)11-14/h2-6,11-12,23H,7-10,13H2,1H3. The first kappa shape index (κ1) is 23.2. The lowest BCUT2D eigenvalue weighted by Gasteiger charge is -2.27. The third-order valence-corrected chi connectivity index (χ3v) is 6.61. The number of amides is 1. The molecule has 1 N–H and O–H groups in total. The fraction of sp³-hybridized carbons (Fsp3) is 0.286. The molecule has 0 saturated carbocycles. The Hall–Kier alpha value is -2.99. The van der Waals surface area contributed by atoms with Crippen LogP contribution < -0.4 is 9.46 Å². The number of ether oxygens (including phenoxy) is 2. The number of rotatable bonds is 7. The van der Waals surface area contributed by atoms with Gasteiger partial charge < -0.3 is 18.9 Å². The monoisotopic (exact) mass is 492 g/mol. The van der Waals surface area contributed by atoms with Crippen molar-refractivity contribution in [3.8, 4) is 17.1 Å². The number of hydrogen-bond acceptors (Lipinski definition) is 8. The van der Waals surface area contributed by atoms with Crippen LogP contribution in [0, 0.1) is 0 Å². The van der Waals surface area contributed by atoms with Crippen LogP contribution in [0.15, 0.2) is 51.9 Å². The zero-order chi connectivity index (χ0) is 23.4. The average Bonchev–Trinajstić information content (AvgIpc) is 3.32. The highest BCUT2D eigenvalue weighted by Crippen LogP contribution is 2.25. The Kier molecular flexibility index (Phi) is 6.94. The summed E-state index contributed by atoms with van der Waals surface area (Å²) < 4.78 is 43.8. The summed E-state index contributed by atoms with van der Waals surface area (Å²) in [4.78, 5) is 18.6. The maximum Gasteiger partial charge on any atom is 0.257 e. The van der Waals surface area contributed by atoms with Gasteiger partial charge in [-0.2, -0.15) is 4.98 Å². The number of hydrogen-bond donors (Lipinski definition) is 1. The van der Waals surface area contributed by atoms with Crippen molar-refractivity contribution in [2.24, 2.45) is 0 Å². The van der Waals surface area contributed by atoms with Crippen molar-refractivity contribution in [1.29, 1.82) is 0 Å². The Balaban J connectivity index is 1.51. The second-order valence-electron chi connectivity index (χ2n) is 7.11. The molecule has 4 rings (SSSR count). The summed E-state index contributed by atoms with van der Waals surface area (Å²) in [6, 6.07) is 11.0. The average molecular weight is 493 g/mol. The zero-order valence-corrected chi connectivity index (χ0v) is 19.2. The van der Waals surface area contributed by atoms with Gasteiger partial charge >= 0.3 is 0 Å². The number of sulfonamides is 1. The Morgan fingerprint density at radius 3 is 2.73 bits per heavy atom. The fourth-order valence-corrected chi connectivity index (χ4v) is 4.46. The minimum atomic E-state index is -3.98. The second-order valence-corrected chi connectivity index (χ2v) is 9.32. The molecule has 12 heteroatoms. The largest absolute Gasteiger partial charge is 0.496 e. The third kappa shape index (κ3) is 5.33. The van der Waals surface area contributed by atoms with Gasteiger partial charge in [0.2, 0.25) is 21.7 Å². The van der Waals surface area contributed by atoms with Gasteiger partial charge in [0.25, 0.3) is 5.91 Å². The van der Waals surface area contributed by atoms with Crippen LogP contribution in [0.4, 0.5) is 0 Å². The van der Waals surface area contributed by atoms with Crippen LogP contribution >= 0.6 is 11.6 Å². The van der Waals surface area contributed by atoms with E-state index >= 15 is 0 Å². The number of morpholine rings is 1. The van der Waals surface area contributed by atoms with Gasteiger partial charge in [0.15, 0.2) is 0 Å². The molecule has 2 heterocycles. The van der Waals surface area contributed by atoms with E-state index in [0.29, 0.717) is 36.9 Å². The van der Waals surface area contributed by atoms with Crippen LogP contribution in [0.25, 0.3) is 11.4 Å². The van der Waals surface area contributed by atoms with Gasteiger partial charge in [0.05, 0.1) is 37.3 Å². The van der Waals surface area contributed by atoms with Crippen LogP contribution in [0.2, 0.25) is 5.02 Å². The quantitative estimate of drug-likeness (QED) is 0.533. The summed E-state index contributed by atoms with van der Waals surface area (Å²) in [5, 5.41) is 4.37. The van der Waals surface area contributed by atoms with Crippen molar-refractivity contribution < 1.29 is 27.2 Å². The number of nitrogens with zero attached hydrogens (tertiary/aromatic N) is 3. The number of methoxy groups -OCH3 is 1. The highest BCUT2D eigenvalue weighted by atomic mass is 35.5. The van der Waals surface area contributed by atoms with Crippen molar-refractivity contribution in [2.75, 3.05) is 33.4 Å². The number of nitrogens with one attached hydrogen (secondary N) is 1. The van der Waals surface area contributed by atoms with Crippen molar-refractivity contribution in [2.45, 2.75) is 11.4 Å². The van der Waals surface area contributed by atoms with Crippen molar-refractivity contribution in [1.82, 2.24) is 19.8 Å². The van der Waals surface area contributed by atoms with E-state index in [1.165, 1.54) is 25.3 Å². The molecule has 33 heavy (non-hydrogen) atoms. The molecule has 1 amide bonds. The molecule has 1 fully saturated rings. The van der Waals surface area contributed by atoms with Crippen LogP contribution in [0.3, 0.4) is 0 Å². The highest BCUT2D eigenvalue weighted by molar-refractivity contribution is 7.89. The minimum absolute atomic E-state index is 0.0756. The van der Waals surface area contributed by atoms with E-state index in [-0.39, 0.29) is 40.4 Å². The van der Waals surface area contributed by atoms with Gasteiger partial charge in [-0.1, -0.05) is 28.9 Å². The lowest BCUT2D eigenvalue weighted by Crippen LogP contribution is -2.40. The molecule has 2 aromatic carbocycles. The van der Waals surface area contributed by atoms with Crippen LogP contribution in [-0.4, -0.2) is 62.8 Å². The molecule has 0 atom stereocenters. The molecule has 3 aromatic rings. The van der Waals surface area contributed by atoms with Gasteiger partial charge in [-0.25, -0.2) is 13.1 Å². The Labute approximate surface area is 195 Å². The summed E-state index contributed by atoms with van der Waals surface area (Å²) >= 11 is 5.98. The summed E-state index contributed by atoms with van der Waals surface area (Å²) in [5.41, 5.74) is 0.796. The lowest BCUT2D eigenvalue weighted by atomic mass is 10.1. The van der Waals surface area contributed by atoms with Gasteiger partial charge in [-0.3, -0.25) is 4.79 Å². The summed E-state index contributed by atoms with van der Waals surface area (Å²) in [6.07, 6.45) is 0. The van der Waals surface area contributed by atoms with Crippen molar-refractivity contribution >= 4 is 27.5 Å². The molecule has 1 aromatic heterocycles. The normalized spacial score (nSPS) is 14.3. The Morgan fingerprint density at radius 2 is 2.00 bits per heavy atom.